The molecule has 0 radical (unpaired) electrons. The van der Waals surface area contributed by atoms with Crippen LogP contribution in [0.5, 0.6) is 0 Å². The van der Waals surface area contributed by atoms with Gasteiger partial charge in [-0.2, -0.15) is 0 Å². The minimum Gasteiger partial charge on any atom is -0.396 e. The van der Waals surface area contributed by atoms with Crippen LogP contribution >= 0.6 is 0 Å². The van der Waals surface area contributed by atoms with E-state index < -0.39 is 0 Å². The van der Waals surface area contributed by atoms with Crippen molar-refractivity contribution in [2.24, 2.45) is 0 Å². The molecule has 0 unspecified atom stereocenters. The molecule has 0 fully saturated rings. The predicted octanol–water partition coefficient (Wildman–Crippen LogP) is 3.88. The van der Waals surface area contributed by atoms with Crippen LogP contribution in [0.2, 0.25) is 0 Å². The number of nitrogens with zero attached hydrogens (tertiary/aromatic N) is 1. The Kier molecular flexibility index (Phi) is 3.67. The Balaban J connectivity index is 2.35. The van der Waals surface area contributed by atoms with E-state index in [0.717, 1.165) is 33.0 Å². The number of halogens is 1. The van der Waals surface area contributed by atoms with Crippen molar-refractivity contribution in [3.8, 4) is 11.1 Å². The highest BCUT2D eigenvalue weighted by Gasteiger charge is 2.11. The normalized spacial score (nSPS) is 11.0. The average Bonchev–Trinajstić information content (AvgIpc) is 2.50. The average molecular weight is 281 g/mol. The third-order valence-corrected chi connectivity index (χ3v) is 3.79. The lowest BCUT2D eigenvalue weighted by molar-refractivity contribution is 0.300. The second-order valence-electron chi connectivity index (χ2n) is 5.12. The van der Waals surface area contributed by atoms with Gasteiger partial charge in [-0.25, -0.2) is 4.39 Å². The van der Waals surface area contributed by atoms with Gasteiger partial charge in [-0.1, -0.05) is 12.1 Å². The van der Waals surface area contributed by atoms with Crippen LogP contribution in [0.3, 0.4) is 0 Å². The van der Waals surface area contributed by atoms with Gasteiger partial charge in [0.05, 0.1) is 0 Å². The SMILES string of the molecule is Cc1cc(-c2ccncc2)c2ccc(F)cc2c1CCO. The lowest BCUT2D eigenvalue weighted by atomic mass is 9.91. The van der Waals surface area contributed by atoms with E-state index in [2.05, 4.69) is 11.1 Å². The first kappa shape index (κ1) is 13.7. The van der Waals surface area contributed by atoms with Gasteiger partial charge in [0.25, 0.3) is 0 Å². The Morgan fingerprint density at radius 1 is 1.05 bits per heavy atom. The first-order valence-electron chi connectivity index (χ1n) is 6.93. The standard InChI is InChI=1S/C18H16FNO/c1-12-10-17(13-4-7-20-8-5-13)16-3-2-14(19)11-18(16)15(12)6-9-21/h2-5,7-8,10-11,21H,6,9H2,1H3. The fourth-order valence-corrected chi connectivity index (χ4v) is 2.81. The van der Waals surface area contributed by atoms with E-state index >= 15 is 0 Å². The quantitative estimate of drug-likeness (QED) is 0.790. The van der Waals surface area contributed by atoms with Crippen LogP contribution < -0.4 is 0 Å². The molecular weight excluding hydrogens is 265 g/mol. The van der Waals surface area contributed by atoms with Gasteiger partial charge in [0, 0.05) is 19.0 Å². The summed E-state index contributed by atoms with van der Waals surface area (Å²) in [4.78, 5) is 4.04. The maximum Gasteiger partial charge on any atom is 0.123 e. The molecule has 2 nitrogen and oxygen atoms in total. The molecular formula is C18H16FNO. The maximum absolute atomic E-state index is 13.7. The monoisotopic (exact) mass is 281 g/mol. The lowest BCUT2D eigenvalue weighted by Gasteiger charge is -2.14. The third-order valence-electron chi connectivity index (χ3n) is 3.79. The van der Waals surface area contributed by atoms with Gasteiger partial charge < -0.3 is 5.11 Å². The first-order chi connectivity index (χ1) is 10.2. The van der Waals surface area contributed by atoms with Gasteiger partial charge in [-0.15, -0.1) is 0 Å². The Morgan fingerprint density at radius 2 is 1.81 bits per heavy atom. The molecule has 1 aromatic heterocycles. The molecule has 0 bridgehead atoms. The zero-order chi connectivity index (χ0) is 14.8. The zero-order valence-electron chi connectivity index (χ0n) is 11.8. The summed E-state index contributed by atoms with van der Waals surface area (Å²) < 4.78 is 13.7. The molecule has 2 aromatic carbocycles. The number of aryl methyl sites for hydroxylation is 1. The molecule has 3 rings (SSSR count). The van der Waals surface area contributed by atoms with E-state index in [9.17, 15) is 9.50 Å². The minimum atomic E-state index is -0.257. The second kappa shape index (κ2) is 5.62. The van der Waals surface area contributed by atoms with Crippen LogP contribution in [0.25, 0.3) is 21.9 Å². The molecule has 0 saturated heterocycles. The topological polar surface area (TPSA) is 33.1 Å². The number of benzene rings is 2. The number of aliphatic hydroxyl groups excluding tert-OH is 1. The molecule has 0 aliphatic carbocycles. The summed E-state index contributed by atoms with van der Waals surface area (Å²) in [6.45, 7) is 2.06. The minimum absolute atomic E-state index is 0.0566. The number of rotatable bonds is 3. The number of hydrogen-bond acceptors (Lipinski definition) is 2. The van der Waals surface area contributed by atoms with Crippen molar-refractivity contribution in [1.29, 1.82) is 0 Å². The summed E-state index contributed by atoms with van der Waals surface area (Å²) in [6, 6.07) is 10.8. The molecule has 106 valence electrons. The smallest absolute Gasteiger partial charge is 0.123 e. The van der Waals surface area contributed by atoms with Crippen LogP contribution in [0.4, 0.5) is 4.39 Å². The Bertz CT molecular complexity index is 784. The van der Waals surface area contributed by atoms with Gasteiger partial charge in [0.1, 0.15) is 5.82 Å². The van der Waals surface area contributed by atoms with Gasteiger partial charge in [-0.3, -0.25) is 4.98 Å². The molecule has 21 heavy (non-hydrogen) atoms. The molecule has 0 spiro atoms. The summed E-state index contributed by atoms with van der Waals surface area (Å²) in [7, 11) is 0. The van der Waals surface area contributed by atoms with E-state index in [1.807, 2.05) is 19.1 Å². The number of aliphatic hydroxyl groups is 1. The highest BCUT2D eigenvalue weighted by atomic mass is 19.1. The number of hydrogen-bond donors (Lipinski definition) is 1. The zero-order valence-corrected chi connectivity index (χ0v) is 11.8. The second-order valence-corrected chi connectivity index (χ2v) is 5.12. The molecule has 0 saturated carbocycles. The van der Waals surface area contributed by atoms with Crippen LogP contribution in [-0.2, 0) is 6.42 Å². The van der Waals surface area contributed by atoms with E-state index in [4.69, 9.17) is 0 Å². The van der Waals surface area contributed by atoms with Crippen LogP contribution in [0.1, 0.15) is 11.1 Å². The Hall–Kier alpha value is -2.26. The summed E-state index contributed by atoms with van der Waals surface area (Å²) in [6.07, 6.45) is 4.03. The number of aromatic nitrogens is 1. The van der Waals surface area contributed by atoms with E-state index in [-0.39, 0.29) is 12.4 Å². The van der Waals surface area contributed by atoms with Gasteiger partial charge >= 0.3 is 0 Å². The fourth-order valence-electron chi connectivity index (χ4n) is 2.81. The number of fused-ring (bicyclic) bond motifs is 1. The molecule has 0 amide bonds. The highest BCUT2D eigenvalue weighted by Crippen LogP contribution is 2.33. The summed E-state index contributed by atoms with van der Waals surface area (Å²) in [5.74, 6) is -0.257. The van der Waals surface area contributed by atoms with Crippen LogP contribution in [-0.4, -0.2) is 16.7 Å². The Morgan fingerprint density at radius 3 is 2.52 bits per heavy atom. The van der Waals surface area contributed by atoms with Crippen molar-refractivity contribution < 1.29 is 9.50 Å². The molecule has 1 N–H and O–H groups in total. The van der Waals surface area contributed by atoms with Crippen molar-refractivity contribution in [2.45, 2.75) is 13.3 Å². The highest BCUT2D eigenvalue weighted by molar-refractivity contribution is 5.99. The Labute approximate surface area is 122 Å². The van der Waals surface area contributed by atoms with Crippen molar-refractivity contribution in [1.82, 2.24) is 4.98 Å². The number of pyridine rings is 1. The first-order valence-corrected chi connectivity index (χ1v) is 6.93. The molecule has 0 aliphatic heterocycles. The van der Waals surface area contributed by atoms with E-state index in [1.165, 1.54) is 6.07 Å². The van der Waals surface area contributed by atoms with E-state index in [1.54, 1.807) is 24.5 Å². The van der Waals surface area contributed by atoms with Gasteiger partial charge in [-0.05, 0) is 70.6 Å². The molecule has 3 heteroatoms. The summed E-state index contributed by atoms with van der Waals surface area (Å²) in [5, 5.41) is 11.1. The predicted molar refractivity (Wildman–Crippen MR) is 82.7 cm³/mol. The molecule has 1 heterocycles. The fraction of sp³-hybridized carbons (Fsp3) is 0.167. The van der Waals surface area contributed by atoms with Crippen molar-refractivity contribution in [2.75, 3.05) is 6.61 Å². The molecule has 3 aromatic rings. The largest absolute Gasteiger partial charge is 0.396 e. The molecule has 0 aliphatic rings. The van der Waals surface area contributed by atoms with Crippen molar-refractivity contribution in [3.05, 3.63) is 65.7 Å². The van der Waals surface area contributed by atoms with E-state index in [0.29, 0.717) is 6.42 Å². The van der Waals surface area contributed by atoms with Crippen LogP contribution in [0.15, 0.2) is 48.8 Å². The van der Waals surface area contributed by atoms with Gasteiger partial charge in [0.2, 0.25) is 0 Å². The summed E-state index contributed by atoms with van der Waals surface area (Å²) >= 11 is 0. The summed E-state index contributed by atoms with van der Waals surface area (Å²) in [5.41, 5.74) is 4.19. The van der Waals surface area contributed by atoms with Crippen molar-refractivity contribution in [3.63, 3.8) is 0 Å². The van der Waals surface area contributed by atoms with Crippen molar-refractivity contribution >= 4 is 10.8 Å². The molecule has 0 atom stereocenters. The van der Waals surface area contributed by atoms with Gasteiger partial charge in [0.15, 0.2) is 0 Å². The van der Waals surface area contributed by atoms with Crippen LogP contribution in [0, 0.1) is 12.7 Å². The maximum atomic E-state index is 13.7. The lowest BCUT2D eigenvalue weighted by Crippen LogP contribution is -1.98. The third kappa shape index (κ3) is 2.52.